The van der Waals surface area contributed by atoms with Gasteiger partial charge in [0.15, 0.2) is 0 Å². The highest BCUT2D eigenvalue weighted by Crippen LogP contribution is 2.05. The minimum Gasteiger partial charge on any atom is -0.399 e. The zero-order valence-electron chi connectivity index (χ0n) is 6.00. The third-order valence-electron chi connectivity index (χ3n) is 1.36. The largest absolute Gasteiger partial charge is 0.399 e. The topological polar surface area (TPSA) is 26.0 Å². The molecule has 0 unspecified atom stereocenters. The van der Waals surface area contributed by atoms with E-state index in [1.54, 1.807) is 0 Å². The fraction of sp³-hybridized carbons (Fsp3) is 0.250. The van der Waals surface area contributed by atoms with Crippen molar-refractivity contribution in [1.29, 1.82) is 0 Å². The second-order valence-electron chi connectivity index (χ2n) is 2.10. The van der Waals surface area contributed by atoms with Crippen molar-refractivity contribution in [3.05, 3.63) is 29.8 Å². The van der Waals surface area contributed by atoms with Gasteiger partial charge in [-0.15, -0.1) is 17.0 Å². The molecule has 0 bridgehead atoms. The molecule has 0 aliphatic rings. The summed E-state index contributed by atoms with van der Waals surface area (Å²) >= 11 is 0. The molecule has 1 nitrogen and oxygen atoms in total. The molecule has 0 saturated carbocycles. The summed E-state index contributed by atoms with van der Waals surface area (Å²) in [4.78, 5) is 0. The molecule has 0 heterocycles. The minimum atomic E-state index is 0. The average molecular weight is 202 g/mol. The van der Waals surface area contributed by atoms with Crippen LogP contribution in [0.25, 0.3) is 0 Å². The van der Waals surface area contributed by atoms with Crippen LogP contribution in [0.15, 0.2) is 24.3 Å². The third kappa shape index (κ3) is 2.40. The Morgan fingerprint density at radius 3 is 2.50 bits per heavy atom. The summed E-state index contributed by atoms with van der Waals surface area (Å²) in [6, 6.07) is 7.96. The monoisotopic (exact) mass is 201 g/mol. The van der Waals surface area contributed by atoms with Crippen molar-refractivity contribution in [1.82, 2.24) is 0 Å². The summed E-state index contributed by atoms with van der Waals surface area (Å²) in [6.45, 7) is 2.12. The van der Waals surface area contributed by atoms with Gasteiger partial charge in [-0.1, -0.05) is 19.1 Å². The highest BCUT2D eigenvalue weighted by atomic mass is 79.9. The average Bonchev–Trinajstić information content (AvgIpc) is 1.88. The summed E-state index contributed by atoms with van der Waals surface area (Å²) in [5.41, 5.74) is 7.69. The van der Waals surface area contributed by atoms with E-state index in [1.165, 1.54) is 5.56 Å². The molecule has 2 N–H and O–H groups in total. The summed E-state index contributed by atoms with van der Waals surface area (Å²) < 4.78 is 0. The van der Waals surface area contributed by atoms with Crippen molar-refractivity contribution in [2.75, 3.05) is 5.73 Å². The number of hydrogen-bond donors (Lipinski definition) is 1. The van der Waals surface area contributed by atoms with E-state index in [-0.39, 0.29) is 17.0 Å². The molecule has 0 aliphatic heterocycles. The maximum Gasteiger partial charge on any atom is 0.0316 e. The first-order chi connectivity index (χ1) is 4.33. The Morgan fingerprint density at radius 1 is 1.40 bits per heavy atom. The van der Waals surface area contributed by atoms with Gasteiger partial charge in [0.25, 0.3) is 0 Å². The summed E-state index contributed by atoms with van der Waals surface area (Å²) in [6.07, 6.45) is 1.06. The molecule has 1 rings (SSSR count). The number of anilines is 1. The molecule has 2 heteroatoms. The van der Waals surface area contributed by atoms with Crippen LogP contribution in [0.1, 0.15) is 12.5 Å². The first-order valence-corrected chi connectivity index (χ1v) is 3.17. The van der Waals surface area contributed by atoms with E-state index in [1.807, 2.05) is 18.2 Å². The lowest BCUT2D eigenvalue weighted by molar-refractivity contribution is 1.14. The molecule has 1 aromatic carbocycles. The van der Waals surface area contributed by atoms with Crippen LogP contribution in [-0.4, -0.2) is 0 Å². The van der Waals surface area contributed by atoms with E-state index >= 15 is 0 Å². The van der Waals surface area contributed by atoms with E-state index < -0.39 is 0 Å². The number of aryl methyl sites for hydroxylation is 1. The normalized spacial score (nSPS) is 8.50. The van der Waals surface area contributed by atoms with Gasteiger partial charge in [0.2, 0.25) is 0 Å². The van der Waals surface area contributed by atoms with Gasteiger partial charge in [-0.3, -0.25) is 0 Å². The molecule has 0 fully saturated rings. The van der Waals surface area contributed by atoms with Crippen molar-refractivity contribution in [2.45, 2.75) is 13.3 Å². The van der Waals surface area contributed by atoms with Crippen LogP contribution in [0, 0.1) is 0 Å². The second-order valence-corrected chi connectivity index (χ2v) is 2.10. The molecule has 56 valence electrons. The SMILES string of the molecule is Br.CCc1cccc(N)c1. The Balaban J connectivity index is 0.000000810. The van der Waals surface area contributed by atoms with Gasteiger partial charge in [0.1, 0.15) is 0 Å². The summed E-state index contributed by atoms with van der Waals surface area (Å²) in [5.74, 6) is 0. The number of benzene rings is 1. The second kappa shape index (κ2) is 4.34. The zero-order chi connectivity index (χ0) is 6.69. The molecular weight excluding hydrogens is 190 g/mol. The van der Waals surface area contributed by atoms with E-state index in [9.17, 15) is 0 Å². The molecule has 0 amide bonds. The fourth-order valence-electron chi connectivity index (χ4n) is 0.813. The first kappa shape index (κ1) is 9.50. The number of nitrogen functional groups attached to an aromatic ring is 1. The summed E-state index contributed by atoms with van der Waals surface area (Å²) in [5, 5.41) is 0. The molecule has 1 aromatic rings. The van der Waals surface area contributed by atoms with Crippen LogP contribution < -0.4 is 5.73 Å². The van der Waals surface area contributed by atoms with Crippen molar-refractivity contribution >= 4 is 22.7 Å². The quantitative estimate of drug-likeness (QED) is 0.695. The number of rotatable bonds is 1. The highest BCUT2D eigenvalue weighted by molar-refractivity contribution is 8.93. The van der Waals surface area contributed by atoms with E-state index in [0.717, 1.165) is 12.1 Å². The lowest BCUT2D eigenvalue weighted by Gasteiger charge is -1.95. The van der Waals surface area contributed by atoms with E-state index in [0.29, 0.717) is 0 Å². The van der Waals surface area contributed by atoms with Crippen molar-refractivity contribution in [2.24, 2.45) is 0 Å². The van der Waals surface area contributed by atoms with E-state index in [4.69, 9.17) is 5.73 Å². The molecule has 0 aliphatic carbocycles. The van der Waals surface area contributed by atoms with Gasteiger partial charge in [-0.2, -0.15) is 0 Å². The molecule has 0 atom stereocenters. The first-order valence-electron chi connectivity index (χ1n) is 3.17. The van der Waals surface area contributed by atoms with Crippen LogP contribution >= 0.6 is 17.0 Å². The van der Waals surface area contributed by atoms with Gasteiger partial charge in [0.05, 0.1) is 0 Å². The van der Waals surface area contributed by atoms with Crippen LogP contribution in [0.3, 0.4) is 0 Å². The van der Waals surface area contributed by atoms with Gasteiger partial charge < -0.3 is 5.73 Å². The minimum absolute atomic E-state index is 0. The smallest absolute Gasteiger partial charge is 0.0316 e. The maximum atomic E-state index is 5.53. The molecular formula is C8H12BrN. The molecule has 0 aromatic heterocycles. The fourth-order valence-corrected chi connectivity index (χ4v) is 0.813. The van der Waals surface area contributed by atoms with Crippen LogP contribution in [0.4, 0.5) is 5.69 Å². The van der Waals surface area contributed by atoms with Gasteiger partial charge in [-0.05, 0) is 24.1 Å². The van der Waals surface area contributed by atoms with Gasteiger partial charge >= 0.3 is 0 Å². The van der Waals surface area contributed by atoms with Crippen LogP contribution in [0.2, 0.25) is 0 Å². The van der Waals surface area contributed by atoms with Gasteiger partial charge in [-0.25, -0.2) is 0 Å². The molecule has 0 spiro atoms. The van der Waals surface area contributed by atoms with Crippen LogP contribution in [0.5, 0.6) is 0 Å². The van der Waals surface area contributed by atoms with Crippen molar-refractivity contribution < 1.29 is 0 Å². The Labute approximate surface area is 72.0 Å². The lowest BCUT2D eigenvalue weighted by Crippen LogP contribution is -1.85. The Hall–Kier alpha value is -0.500. The van der Waals surface area contributed by atoms with Crippen molar-refractivity contribution in [3.8, 4) is 0 Å². The molecule has 10 heavy (non-hydrogen) atoms. The Bertz CT molecular complexity index is 198. The maximum absolute atomic E-state index is 5.53. The third-order valence-corrected chi connectivity index (χ3v) is 1.36. The van der Waals surface area contributed by atoms with Crippen molar-refractivity contribution in [3.63, 3.8) is 0 Å². The standard InChI is InChI=1S/C8H11N.BrH/c1-2-7-4-3-5-8(9)6-7;/h3-6H,2,9H2,1H3;1H. The molecule has 0 radical (unpaired) electrons. The van der Waals surface area contributed by atoms with E-state index in [2.05, 4.69) is 13.0 Å². The van der Waals surface area contributed by atoms with Crippen LogP contribution in [-0.2, 0) is 6.42 Å². The zero-order valence-corrected chi connectivity index (χ0v) is 7.72. The highest BCUT2D eigenvalue weighted by Gasteiger charge is 1.86. The Morgan fingerprint density at radius 2 is 2.10 bits per heavy atom. The Kier molecular flexibility index (Phi) is 4.12. The molecule has 0 saturated heterocycles. The predicted molar refractivity (Wildman–Crippen MR) is 50.6 cm³/mol. The lowest BCUT2D eigenvalue weighted by atomic mass is 10.1. The number of hydrogen-bond acceptors (Lipinski definition) is 1. The van der Waals surface area contributed by atoms with Gasteiger partial charge in [0, 0.05) is 5.69 Å². The number of halogens is 1. The summed E-state index contributed by atoms with van der Waals surface area (Å²) in [7, 11) is 0. The predicted octanol–water partition coefficient (Wildman–Crippen LogP) is 2.41. The number of nitrogens with two attached hydrogens (primary N) is 1.